The lowest BCUT2D eigenvalue weighted by Crippen LogP contribution is -2.29. The first-order valence-corrected chi connectivity index (χ1v) is 9.56. The highest BCUT2D eigenvalue weighted by molar-refractivity contribution is 5.81. The summed E-state index contributed by atoms with van der Waals surface area (Å²) < 4.78 is 5.50. The molecule has 0 aromatic rings. The maximum Gasteiger partial charge on any atom is 0.330 e. The van der Waals surface area contributed by atoms with Crippen LogP contribution in [-0.2, 0) is 9.53 Å². The first-order chi connectivity index (χ1) is 10.7. The minimum atomic E-state index is -0.164. The Bertz CT molecular complexity index is 345. The molecule has 0 aromatic carbocycles. The van der Waals surface area contributed by atoms with Gasteiger partial charge in [-0.25, -0.2) is 4.79 Å². The number of unbranched alkanes of at least 4 members (excludes halogenated alkanes) is 1. The average molecular weight is 306 g/mol. The molecule has 0 radical (unpaired) electrons. The molecule has 0 N–H and O–H groups in total. The first-order valence-electron chi connectivity index (χ1n) is 9.56. The Kier molecular flexibility index (Phi) is 7.48. The lowest BCUT2D eigenvalue weighted by molar-refractivity contribution is -0.145. The predicted octanol–water partition coefficient (Wildman–Crippen LogP) is 5.66. The number of allylic oxidation sites excluding steroid dienone is 1. The molecule has 0 amide bonds. The summed E-state index contributed by atoms with van der Waals surface area (Å²) in [6, 6.07) is 0. The monoisotopic (exact) mass is 306 g/mol. The largest absolute Gasteiger partial charge is 0.459 e. The lowest BCUT2D eigenvalue weighted by atomic mass is 9.70. The highest BCUT2D eigenvalue weighted by Crippen LogP contribution is 2.41. The van der Waals surface area contributed by atoms with Gasteiger partial charge in [-0.3, -0.25) is 0 Å². The Labute approximate surface area is 136 Å². The van der Waals surface area contributed by atoms with E-state index in [2.05, 4.69) is 6.92 Å². The number of carbonyl (C=O) groups excluding carboxylic acids is 1. The van der Waals surface area contributed by atoms with Gasteiger partial charge < -0.3 is 4.74 Å². The van der Waals surface area contributed by atoms with E-state index in [1.807, 2.05) is 6.92 Å². The van der Waals surface area contributed by atoms with E-state index in [0.29, 0.717) is 0 Å². The Balaban J connectivity index is 1.66. The van der Waals surface area contributed by atoms with Gasteiger partial charge in [-0.1, -0.05) is 45.1 Å². The highest BCUT2D eigenvalue weighted by atomic mass is 16.5. The molecule has 2 rings (SSSR count). The van der Waals surface area contributed by atoms with Gasteiger partial charge >= 0.3 is 5.97 Å². The van der Waals surface area contributed by atoms with E-state index in [-0.39, 0.29) is 12.1 Å². The van der Waals surface area contributed by atoms with E-state index in [1.165, 1.54) is 63.9 Å². The minimum Gasteiger partial charge on any atom is -0.459 e. The van der Waals surface area contributed by atoms with Crippen molar-refractivity contribution in [2.45, 2.75) is 90.6 Å². The van der Waals surface area contributed by atoms with Crippen molar-refractivity contribution in [3.8, 4) is 0 Å². The fourth-order valence-corrected chi connectivity index (χ4v) is 4.46. The second kappa shape index (κ2) is 9.37. The molecular weight excluding hydrogens is 272 g/mol. The van der Waals surface area contributed by atoms with E-state index in [0.717, 1.165) is 30.6 Å². The minimum absolute atomic E-state index is 0.164. The van der Waals surface area contributed by atoms with Gasteiger partial charge in [0.15, 0.2) is 0 Å². The summed E-state index contributed by atoms with van der Waals surface area (Å²) in [5.74, 6) is 2.69. The van der Waals surface area contributed by atoms with Crippen LogP contribution in [0.25, 0.3) is 0 Å². The molecule has 2 saturated carbocycles. The molecule has 2 nitrogen and oxygen atoms in total. The first kappa shape index (κ1) is 17.6. The summed E-state index contributed by atoms with van der Waals surface area (Å²) >= 11 is 0. The van der Waals surface area contributed by atoms with Gasteiger partial charge in [-0.05, 0) is 63.2 Å². The highest BCUT2D eigenvalue weighted by Gasteiger charge is 2.31. The maximum atomic E-state index is 11.5. The molecule has 0 aromatic heterocycles. The smallest absolute Gasteiger partial charge is 0.330 e. The van der Waals surface area contributed by atoms with Crippen LogP contribution in [-0.4, -0.2) is 12.1 Å². The molecule has 0 spiro atoms. The topological polar surface area (TPSA) is 26.3 Å². The lowest BCUT2D eigenvalue weighted by Gasteiger charge is -2.37. The third kappa shape index (κ3) is 5.44. The summed E-state index contributed by atoms with van der Waals surface area (Å²) in [5.41, 5.74) is 0. The molecular formula is C20H34O2. The summed E-state index contributed by atoms with van der Waals surface area (Å²) in [6.45, 7) is 4.15. The number of hydrogen-bond donors (Lipinski definition) is 0. The van der Waals surface area contributed by atoms with Crippen LogP contribution in [0.5, 0.6) is 0 Å². The van der Waals surface area contributed by atoms with Crippen LogP contribution in [0.4, 0.5) is 0 Å². The second-order valence-corrected chi connectivity index (χ2v) is 7.40. The van der Waals surface area contributed by atoms with Crippen LogP contribution in [0, 0.1) is 17.8 Å². The van der Waals surface area contributed by atoms with Crippen LogP contribution in [0.2, 0.25) is 0 Å². The summed E-state index contributed by atoms with van der Waals surface area (Å²) in [4.78, 5) is 11.5. The van der Waals surface area contributed by atoms with E-state index in [1.54, 1.807) is 6.08 Å². The van der Waals surface area contributed by atoms with Crippen molar-refractivity contribution in [1.29, 1.82) is 0 Å². The number of ether oxygens (including phenoxy) is 1. The van der Waals surface area contributed by atoms with Crippen molar-refractivity contribution in [2.75, 3.05) is 0 Å². The van der Waals surface area contributed by atoms with E-state index in [4.69, 9.17) is 4.74 Å². The van der Waals surface area contributed by atoms with Gasteiger partial charge in [0, 0.05) is 6.08 Å². The molecule has 0 unspecified atom stereocenters. The van der Waals surface area contributed by atoms with E-state index < -0.39 is 0 Å². The number of rotatable bonds is 6. The van der Waals surface area contributed by atoms with Crippen LogP contribution in [0.1, 0.15) is 84.5 Å². The van der Waals surface area contributed by atoms with Gasteiger partial charge in [-0.2, -0.15) is 0 Å². The zero-order chi connectivity index (χ0) is 15.8. The molecule has 2 fully saturated rings. The van der Waals surface area contributed by atoms with Gasteiger partial charge in [0.2, 0.25) is 0 Å². The maximum absolute atomic E-state index is 11.5. The summed E-state index contributed by atoms with van der Waals surface area (Å²) in [6.07, 6.45) is 18.1. The Morgan fingerprint density at radius 1 is 1.00 bits per heavy atom. The molecule has 0 saturated heterocycles. The van der Waals surface area contributed by atoms with Gasteiger partial charge in [-0.15, -0.1) is 0 Å². The molecule has 2 aliphatic carbocycles. The van der Waals surface area contributed by atoms with E-state index in [9.17, 15) is 4.79 Å². The fraction of sp³-hybridized carbons (Fsp3) is 0.850. The number of carbonyl (C=O) groups is 1. The third-order valence-electron chi connectivity index (χ3n) is 5.83. The molecule has 126 valence electrons. The van der Waals surface area contributed by atoms with Crippen LogP contribution >= 0.6 is 0 Å². The molecule has 22 heavy (non-hydrogen) atoms. The Morgan fingerprint density at radius 2 is 1.59 bits per heavy atom. The molecule has 0 atom stereocenters. The standard InChI is InChI=1S/C20H34O2/c1-3-5-7-16-8-10-17(11-9-16)18-12-14-19(15-13-18)22-20(21)6-4-2/h4,6,16-19H,3,5,7-15H2,1-2H3. The van der Waals surface area contributed by atoms with Gasteiger partial charge in [0.1, 0.15) is 6.10 Å². The zero-order valence-corrected chi connectivity index (χ0v) is 14.6. The van der Waals surface area contributed by atoms with Crippen molar-refractivity contribution in [2.24, 2.45) is 17.8 Å². The van der Waals surface area contributed by atoms with Gasteiger partial charge in [0.05, 0.1) is 0 Å². The number of esters is 1. The zero-order valence-electron chi connectivity index (χ0n) is 14.6. The predicted molar refractivity (Wildman–Crippen MR) is 91.6 cm³/mol. The third-order valence-corrected chi connectivity index (χ3v) is 5.83. The molecule has 0 bridgehead atoms. The van der Waals surface area contributed by atoms with Crippen molar-refractivity contribution in [1.82, 2.24) is 0 Å². The van der Waals surface area contributed by atoms with Crippen LogP contribution in [0.15, 0.2) is 12.2 Å². The van der Waals surface area contributed by atoms with Gasteiger partial charge in [0.25, 0.3) is 0 Å². The average Bonchev–Trinajstić information content (AvgIpc) is 2.54. The fourth-order valence-electron chi connectivity index (χ4n) is 4.46. The van der Waals surface area contributed by atoms with Crippen LogP contribution in [0.3, 0.4) is 0 Å². The SMILES string of the molecule is CC=CC(=O)OC1CCC(C2CCC(CCCC)CC2)CC1. The van der Waals surface area contributed by atoms with Crippen molar-refractivity contribution >= 4 is 5.97 Å². The molecule has 2 heteroatoms. The second-order valence-electron chi connectivity index (χ2n) is 7.40. The summed E-state index contributed by atoms with van der Waals surface area (Å²) in [5, 5.41) is 0. The normalized spacial score (nSPS) is 33.0. The Hall–Kier alpha value is -0.790. The van der Waals surface area contributed by atoms with Crippen molar-refractivity contribution < 1.29 is 9.53 Å². The van der Waals surface area contributed by atoms with E-state index >= 15 is 0 Å². The molecule has 2 aliphatic rings. The van der Waals surface area contributed by atoms with Crippen molar-refractivity contribution in [3.05, 3.63) is 12.2 Å². The quantitative estimate of drug-likeness (QED) is 0.467. The Morgan fingerprint density at radius 3 is 2.14 bits per heavy atom. The molecule has 0 heterocycles. The molecule has 0 aliphatic heterocycles. The van der Waals surface area contributed by atoms with Crippen LogP contribution < -0.4 is 0 Å². The number of hydrogen-bond acceptors (Lipinski definition) is 2. The van der Waals surface area contributed by atoms with Crippen molar-refractivity contribution in [3.63, 3.8) is 0 Å². The summed E-state index contributed by atoms with van der Waals surface area (Å²) in [7, 11) is 0.